The maximum Gasteiger partial charge on any atom is 0.144 e. The van der Waals surface area contributed by atoms with Crippen molar-refractivity contribution in [3.8, 4) is 44.5 Å². The van der Waals surface area contributed by atoms with E-state index in [4.69, 9.17) is 8.83 Å². The first kappa shape index (κ1) is 31.6. The van der Waals surface area contributed by atoms with E-state index in [0.717, 1.165) is 33.1 Å². The number of fused-ring (bicyclic) bond motifs is 14. The lowest BCUT2D eigenvalue weighted by atomic mass is 9.78. The van der Waals surface area contributed by atoms with Gasteiger partial charge in [-0.3, -0.25) is 0 Å². The molecule has 2 nitrogen and oxygen atoms in total. The number of furan rings is 2. The quantitative estimate of drug-likeness (QED) is 0.180. The van der Waals surface area contributed by atoms with Crippen LogP contribution in [0.5, 0.6) is 0 Å². The second kappa shape index (κ2) is 10.4. The summed E-state index contributed by atoms with van der Waals surface area (Å²) in [6, 6.07) is 40.9. The van der Waals surface area contributed by atoms with Crippen molar-refractivity contribution >= 4 is 43.9 Å². The second-order valence-corrected chi connectivity index (χ2v) is 17.2. The number of aryl methyl sites for hydroxylation is 4. The van der Waals surface area contributed by atoms with E-state index < -0.39 is 0 Å². The Morgan fingerprint density at radius 1 is 0.389 bits per heavy atom. The molecular formula is C52H42O2. The summed E-state index contributed by atoms with van der Waals surface area (Å²) >= 11 is 0. The van der Waals surface area contributed by atoms with Gasteiger partial charge >= 0.3 is 0 Å². The first-order valence-electron chi connectivity index (χ1n) is 19.2. The normalized spacial score (nSPS) is 15.0. The first-order valence-corrected chi connectivity index (χ1v) is 19.2. The lowest BCUT2D eigenvalue weighted by Crippen LogP contribution is -2.17. The molecule has 0 N–H and O–H groups in total. The Kier molecular flexibility index (Phi) is 6.11. The van der Waals surface area contributed by atoms with E-state index in [1.807, 2.05) is 0 Å². The zero-order valence-electron chi connectivity index (χ0n) is 32.2. The lowest BCUT2D eigenvalue weighted by Gasteiger charge is -2.24. The van der Waals surface area contributed by atoms with Gasteiger partial charge < -0.3 is 8.83 Å². The minimum absolute atomic E-state index is 0.264. The molecule has 0 fully saturated rings. The van der Waals surface area contributed by atoms with Gasteiger partial charge in [-0.2, -0.15) is 0 Å². The van der Waals surface area contributed by atoms with Crippen molar-refractivity contribution in [3.05, 3.63) is 154 Å². The topological polar surface area (TPSA) is 26.3 Å². The van der Waals surface area contributed by atoms with Crippen LogP contribution in [0.1, 0.15) is 72.2 Å². The van der Waals surface area contributed by atoms with Crippen LogP contribution >= 0.6 is 0 Å². The van der Waals surface area contributed by atoms with Gasteiger partial charge in [0.1, 0.15) is 22.3 Å². The Hall–Kier alpha value is -5.86. The summed E-state index contributed by atoms with van der Waals surface area (Å²) in [7, 11) is 0. The van der Waals surface area contributed by atoms with Crippen LogP contribution in [0.25, 0.3) is 88.4 Å². The van der Waals surface area contributed by atoms with E-state index in [2.05, 4.69) is 165 Å². The summed E-state index contributed by atoms with van der Waals surface area (Å²) < 4.78 is 13.9. The van der Waals surface area contributed by atoms with Gasteiger partial charge in [0.2, 0.25) is 0 Å². The Balaban J connectivity index is 1.23. The summed E-state index contributed by atoms with van der Waals surface area (Å²) in [5, 5.41) is 4.72. The molecule has 0 bridgehead atoms. The maximum absolute atomic E-state index is 6.96. The average molecular weight is 699 g/mol. The van der Waals surface area contributed by atoms with E-state index in [9.17, 15) is 0 Å². The molecule has 2 aromatic heterocycles. The third-order valence-corrected chi connectivity index (χ3v) is 12.8. The molecule has 2 aliphatic carbocycles. The number of hydrogen-bond acceptors (Lipinski definition) is 2. The summed E-state index contributed by atoms with van der Waals surface area (Å²) in [6.07, 6.45) is 0. The van der Waals surface area contributed by atoms with Crippen LogP contribution < -0.4 is 0 Å². The van der Waals surface area contributed by atoms with Crippen molar-refractivity contribution < 1.29 is 8.83 Å². The van der Waals surface area contributed by atoms with Crippen LogP contribution in [-0.4, -0.2) is 0 Å². The molecule has 0 atom stereocenters. The SMILES string of the molecule is Cc1cc(C)cc(-c2cc3c(c4oc5ccccc5c24)-c2cc4c(cc2C3(C)C)-c2c(cc(-c3cc(C)cc(C)c3)c3c2oc2ccccc23)C4(C)C)c1. The molecule has 2 heteroatoms. The monoisotopic (exact) mass is 698 g/mol. The zero-order valence-corrected chi connectivity index (χ0v) is 32.2. The fourth-order valence-corrected chi connectivity index (χ4v) is 10.4. The fraction of sp³-hybridized carbons (Fsp3) is 0.192. The molecule has 2 heterocycles. The standard InChI is InChI=1S/C52H42O2/c1-27-17-28(2)20-31(19-27)35-23-41-47(49-45(35)33-13-9-11-15-43(33)53-49)37-25-40-38(26-39(37)51(41,5)6)48-42(52(40,7)8)24-36(32-21-29(3)18-30(4)22-32)46-34-14-10-12-16-44(34)54-50(46)48/h9-26H,1-8H3. The molecule has 0 aliphatic heterocycles. The summed E-state index contributed by atoms with van der Waals surface area (Å²) in [4.78, 5) is 0. The Morgan fingerprint density at radius 3 is 1.13 bits per heavy atom. The highest BCUT2D eigenvalue weighted by Crippen LogP contribution is 2.61. The molecule has 0 saturated carbocycles. The molecule has 11 rings (SSSR count). The minimum atomic E-state index is -0.264. The first-order chi connectivity index (χ1) is 25.9. The van der Waals surface area contributed by atoms with Gasteiger partial charge in [0.25, 0.3) is 0 Å². The molecule has 0 saturated heterocycles. The van der Waals surface area contributed by atoms with E-state index in [1.165, 1.54) is 99.8 Å². The fourth-order valence-electron chi connectivity index (χ4n) is 10.4. The molecule has 54 heavy (non-hydrogen) atoms. The van der Waals surface area contributed by atoms with Gasteiger partial charge in [-0.05, 0) is 120 Å². The van der Waals surface area contributed by atoms with Gasteiger partial charge in [0, 0.05) is 43.5 Å². The van der Waals surface area contributed by atoms with Gasteiger partial charge in [-0.15, -0.1) is 0 Å². The largest absolute Gasteiger partial charge is 0.455 e. The minimum Gasteiger partial charge on any atom is -0.455 e. The highest BCUT2D eigenvalue weighted by Gasteiger charge is 2.45. The summed E-state index contributed by atoms with van der Waals surface area (Å²) in [6.45, 7) is 18.3. The van der Waals surface area contributed by atoms with Crippen LogP contribution in [0.2, 0.25) is 0 Å². The Morgan fingerprint density at radius 2 is 0.741 bits per heavy atom. The van der Waals surface area contributed by atoms with Crippen LogP contribution in [0.3, 0.4) is 0 Å². The second-order valence-electron chi connectivity index (χ2n) is 17.2. The van der Waals surface area contributed by atoms with Crippen molar-refractivity contribution in [1.29, 1.82) is 0 Å². The molecule has 9 aromatic rings. The smallest absolute Gasteiger partial charge is 0.144 e. The molecule has 2 aliphatic rings. The van der Waals surface area contributed by atoms with E-state index in [1.54, 1.807) is 0 Å². The van der Waals surface area contributed by atoms with Crippen molar-refractivity contribution in [2.75, 3.05) is 0 Å². The van der Waals surface area contributed by atoms with Crippen molar-refractivity contribution in [3.63, 3.8) is 0 Å². The lowest BCUT2D eigenvalue weighted by molar-refractivity contribution is 0.648. The molecular weight excluding hydrogens is 657 g/mol. The summed E-state index contributed by atoms with van der Waals surface area (Å²) in [5.74, 6) is 0. The van der Waals surface area contributed by atoms with Gasteiger partial charge in [0.15, 0.2) is 0 Å². The number of rotatable bonds is 2. The predicted octanol–water partition coefficient (Wildman–Crippen LogP) is 14.7. The molecule has 0 unspecified atom stereocenters. The van der Waals surface area contributed by atoms with Crippen molar-refractivity contribution in [1.82, 2.24) is 0 Å². The third kappa shape index (κ3) is 4.06. The highest BCUT2D eigenvalue weighted by atomic mass is 16.3. The van der Waals surface area contributed by atoms with Crippen molar-refractivity contribution in [2.45, 2.75) is 66.2 Å². The molecule has 0 spiro atoms. The third-order valence-electron chi connectivity index (χ3n) is 12.8. The van der Waals surface area contributed by atoms with Crippen LogP contribution in [0.4, 0.5) is 0 Å². The van der Waals surface area contributed by atoms with E-state index in [-0.39, 0.29) is 10.8 Å². The molecule has 262 valence electrons. The molecule has 0 radical (unpaired) electrons. The molecule has 0 amide bonds. The van der Waals surface area contributed by atoms with E-state index in [0.29, 0.717) is 0 Å². The van der Waals surface area contributed by atoms with E-state index >= 15 is 0 Å². The van der Waals surface area contributed by atoms with Crippen molar-refractivity contribution in [2.24, 2.45) is 0 Å². The van der Waals surface area contributed by atoms with Crippen LogP contribution in [-0.2, 0) is 10.8 Å². The Bertz CT molecular complexity index is 2890. The number of para-hydroxylation sites is 2. The Labute approximate surface area is 316 Å². The highest BCUT2D eigenvalue weighted by molar-refractivity contribution is 6.20. The molecule has 7 aromatic carbocycles. The summed E-state index contributed by atoms with van der Waals surface area (Å²) in [5.41, 5.74) is 23.6. The predicted molar refractivity (Wildman–Crippen MR) is 226 cm³/mol. The zero-order chi connectivity index (χ0) is 37.0. The number of benzene rings is 7. The maximum atomic E-state index is 6.96. The van der Waals surface area contributed by atoms with Gasteiger partial charge in [-0.25, -0.2) is 0 Å². The number of hydrogen-bond donors (Lipinski definition) is 0. The average Bonchev–Trinajstić information content (AvgIpc) is 3.82. The van der Waals surface area contributed by atoms with Crippen LogP contribution in [0.15, 0.2) is 118 Å². The van der Waals surface area contributed by atoms with Gasteiger partial charge in [-0.1, -0.05) is 123 Å². The van der Waals surface area contributed by atoms with Crippen LogP contribution in [0, 0.1) is 27.7 Å². The van der Waals surface area contributed by atoms with Gasteiger partial charge in [0.05, 0.1) is 0 Å².